The second-order valence-electron chi connectivity index (χ2n) is 9.14. The molecule has 0 N–H and O–H groups in total. The lowest BCUT2D eigenvalue weighted by atomic mass is 9.93. The first-order valence-electron chi connectivity index (χ1n) is 11.8. The maximum Gasteiger partial charge on any atom is 0.0540 e. The molecule has 0 saturated carbocycles. The zero-order valence-electron chi connectivity index (χ0n) is 19.0. The van der Waals surface area contributed by atoms with Crippen LogP contribution in [0.4, 0.5) is 17.1 Å². The third-order valence-corrected chi connectivity index (χ3v) is 7.03. The highest BCUT2D eigenvalue weighted by molar-refractivity contribution is 6.25. The topological polar surface area (TPSA) is 3.24 Å². The molecule has 0 amide bonds. The summed E-state index contributed by atoms with van der Waals surface area (Å²) in [5.41, 5.74) is 4.79. The van der Waals surface area contributed by atoms with Crippen molar-refractivity contribution in [1.82, 2.24) is 0 Å². The molecule has 0 saturated heterocycles. The van der Waals surface area contributed by atoms with E-state index in [-0.39, 0.29) is 0 Å². The van der Waals surface area contributed by atoms with E-state index in [1.54, 1.807) is 0 Å². The number of nitrogens with zero attached hydrogens (tertiary/aromatic N) is 1. The van der Waals surface area contributed by atoms with Gasteiger partial charge in [0.2, 0.25) is 0 Å². The lowest BCUT2D eigenvalue weighted by Gasteiger charge is -2.28. The van der Waals surface area contributed by atoms with Gasteiger partial charge < -0.3 is 4.90 Å². The molecule has 0 spiro atoms. The van der Waals surface area contributed by atoms with Gasteiger partial charge in [0.05, 0.1) is 5.69 Å². The highest BCUT2D eigenvalue weighted by Gasteiger charge is 2.18. The molecular weight excluding hydrogens is 410 g/mol. The van der Waals surface area contributed by atoms with Gasteiger partial charge in [-0.25, -0.2) is 0 Å². The summed E-state index contributed by atoms with van der Waals surface area (Å²) in [6.07, 6.45) is 0. The maximum atomic E-state index is 2.40. The Labute approximate surface area is 198 Å². The van der Waals surface area contributed by atoms with E-state index in [4.69, 9.17) is 0 Å². The van der Waals surface area contributed by atoms with Crippen molar-refractivity contribution < 1.29 is 0 Å². The van der Waals surface area contributed by atoms with Gasteiger partial charge in [-0.05, 0) is 75.0 Å². The highest BCUT2D eigenvalue weighted by Crippen LogP contribution is 2.44. The molecule has 0 unspecified atom stereocenters. The molecule has 0 aliphatic heterocycles. The normalized spacial score (nSPS) is 11.7. The van der Waals surface area contributed by atoms with Crippen molar-refractivity contribution >= 4 is 60.2 Å². The Morgan fingerprint density at radius 1 is 0.441 bits per heavy atom. The van der Waals surface area contributed by atoms with E-state index >= 15 is 0 Å². The van der Waals surface area contributed by atoms with Gasteiger partial charge in [0, 0.05) is 16.8 Å². The van der Waals surface area contributed by atoms with Crippen LogP contribution >= 0.6 is 0 Å². The van der Waals surface area contributed by atoms with Gasteiger partial charge in [0.1, 0.15) is 0 Å². The van der Waals surface area contributed by atoms with E-state index in [0.29, 0.717) is 0 Å². The number of anilines is 3. The van der Waals surface area contributed by atoms with Gasteiger partial charge in [-0.1, -0.05) is 96.6 Å². The fourth-order valence-corrected chi connectivity index (χ4v) is 5.35. The minimum absolute atomic E-state index is 1.16. The van der Waals surface area contributed by atoms with Gasteiger partial charge >= 0.3 is 0 Å². The summed E-state index contributed by atoms with van der Waals surface area (Å²) in [5.74, 6) is 0. The Morgan fingerprint density at radius 3 is 1.82 bits per heavy atom. The summed E-state index contributed by atoms with van der Waals surface area (Å²) in [6, 6.07) is 44.3. The average molecular weight is 434 g/mol. The van der Waals surface area contributed by atoms with Crippen molar-refractivity contribution in [2.45, 2.75) is 6.92 Å². The molecule has 0 aliphatic rings. The van der Waals surface area contributed by atoms with Crippen molar-refractivity contribution in [3.05, 3.63) is 127 Å². The molecule has 0 radical (unpaired) electrons. The Bertz CT molecular complexity index is 1800. The number of aryl methyl sites for hydroxylation is 1. The van der Waals surface area contributed by atoms with Crippen molar-refractivity contribution in [3.63, 3.8) is 0 Å². The predicted octanol–water partition coefficient (Wildman–Crippen LogP) is 9.52. The molecule has 0 heterocycles. The first-order valence-corrected chi connectivity index (χ1v) is 11.8. The van der Waals surface area contributed by atoms with E-state index in [9.17, 15) is 0 Å². The van der Waals surface area contributed by atoms with Gasteiger partial charge in [-0.2, -0.15) is 0 Å². The summed E-state index contributed by atoms with van der Waals surface area (Å²) >= 11 is 0. The van der Waals surface area contributed by atoms with Crippen LogP contribution in [0.2, 0.25) is 0 Å². The molecule has 1 heteroatoms. The van der Waals surface area contributed by atoms with E-state index in [1.165, 1.54) is 54.3 Å². The molecule has 7 aromatic carbocycles. The molecule has 160 valence electrons. The molecular formula is C33H23N. The second kappa shape index (κ2) is 7.33. The largest absolute Gasteiger partial charge is 0.310 e. The van der Waals surface area contributed by atoms with Crippen LogP contribution < -0.4 is 4.90 Å². The van der Waals surface area contributed by atoms with Crippen molar-refractivity contribution in [3.8, 4) is 0 Å². The number of benzene rings is 7. The van der Waals surface area contributed by atoms with Gasteiger partial charge in [-0.3, -0.25) is 0 Å². The molecule has 0 aromatic heterocycles. The van der Waals surface area contributed by atoms with Gasteiger partial charge in [0.15, 0.2) is 0 Å². The molecule has 0 atom stereocenters. The Kier molecular flexibility index (Phi) is 4.13. The standard InChI is InChI=1S/C33H23N/c1-22-9-16-28(17-10-22)34(29-18-13-23-5-2-3-6-27(23)21-29)31-20-15-26-12-11-24-7-4-8-25-14-19-30(31)33(26)32(24)25/h2-21H,1H3. The van der Waals surface area contributed by atoms with E-state index in [0.717, 1.165) is 11.4 Å². The summed E-state index contributed by atoms with van der Waals surface area (Å²) in [7, 11) is 0. The van der Waals surface area contributed by atoms with Crippen LogP contribution in [0.15, 0.2) is 121 Å². The van der Waals surface area contributed by atoms with Crippen LogP contribution in [0.25, 0.3) is 43.1 Å². The smallest absolute Gasteiger partial charge is 0.0540 e. The average Bonchev–Trinajstić information content (AvgIpc) is 2.89. The molecule has 0 bridgehead atoms. The Hall–Kier alpha value is -4.36. The third kappa shape index (κ3) is 2.87. The van der Waals surface area contributed by atoms with E-state index in [2.05, 4.69) is 133 Å². The summed E-state index contributed by atoms with van der Waals surface area (Å²) in [6.45, 7) is 2.14. The predicted molar refractivity (Wildman–Crippen MR) is 147 cm³/mol. The van der Waals surface area contributed by atoms with Crippen LogP contribution in [0, 0.1) is 6.92 Å². The van der Waals surface area contributed by atoms with Crippen molar-refractivity contribution in [2.24, 2.45) is 0 Å². The van der Waals surface area contributed by atoms with Gasteiger partial charge in [0.25, 0.3) is 0 Å². The molecule has 34 heavy (non-hydrogen) atoms. The first-order chi connectivity index (χ1) is 16.8. The van der Waals surface area contributed by atoms with Crippen molar-refractivity contribution in [2.75, 3.05) is 4.90 Å². The van der Waals surface area contributed by atoms with E-state index in [1.807, 2.05) is 0 Å². The monoisotopic (exact) mass is 433 g/mol. The summed E-state index contributed by atoms with van der Waals surface area (Å²) in [5, 5.41) is 10.3. The van der Waals surface area contributed by atoms with Crippen LogP contribution in [0.1, 0.15) is 5.56 Å². The Morgan fingerprint density at radius 2 is 1.03 bits per heavy atom. The lowest BCUT2D eigenvalue weighted by molar-refractivity contribution is 1.29. The minimum Gasteiger partial charge on any atom is -0.310 e. The van der Waals surface area contributed by atoms with E-state index < -0.39 is 0 Å². The molecule has 7 aromatic rings. The SMILES string of the molecule is Cc1ccc(N(c2ccc3ccccc3c2)c2ccc3ccc4cccc5ccc2c3c45)cc1. The molecule has 0 fully saturated rings. The maximum absolute atomic E-state index is 2.40. The fourth-order valence-electron chi connectivity index (χ4n) is 5.35. The highest BCUT2D eigenvalue weighted by atomic mass is 15.1. The zero-order chi connectivity index (χ0) is 22.6. The van der Waals surface area contributed by atoms with Crippen molar-refractivity contribution in [1.29, 1.82) is 0 Å². The zero-order valence-corrected chi connectivity index (χ0v) is 19.0. The molecule has 1 nitrogen and oxygen atoms in total. The van der Waals surface area contributed by atoms with Crippen LogP contribution in [0.3, 0.4) is 0 Å². The van der Waals surface area contributed by atoms with Gasteiger partial charge in [-0.15, -0.1) is 0 Å². The first kappa shape index (κ1) is 19.1. The number of hydrogen-bond donors (Lipinski definition) is 0. The summed E-state index contributed by atoms with van der Waals surface area (Å²) in [4.78, 5) is 2.40. The quantitative estimate of drug-likeness (QED) is 0.251. The third-order valence-electron chi connectivity index (χ3n) is 7.03. The lowest BCUT2D eigenvalue weighted by Crippen LogP contribution is -2.10. The van der Waals surface area contributed by atoms with Crippen LogP contribution in [0.5, 0.6) is 0 Å². The van der Waals surface area contributed by atoms with Crippen LogP contribution in [-0.4, -0.2) is 0 Å². The number of fused-ring (bicyclic) bond motifs is 1. The summed E-state index contributed by atoms with van der Waals surface area (Å²) < 4.78 is 0. The second-order valence-corrected chi connectivity index (χ2v) is 9.14. The number of rotatable bonds is 3. The minimum atomic E-state index is 1.16. The molecule has 7 rings (SSSR count). The fraction of sp³-hybridized carbons (Fsp3) is 0.0303. The van der Waals surface area contributed by atoms with Crippen LogP contribution in [-0.2, 0) is 0 Å². The number of hydrogen-bond acceptors (Lipinski definition) is 1. The Balaban J connectivity index is 1.56. The molecule has 0 aliphatic carbocycles.